The SMILES string of the molecule is CN1CCCC1c1cc2cnc(Br)cc2n1C(=O)OC(C)(C)C. The first kappa shape index (κ1) is 16.5. The first-order valence-corrected chi connectivity index (χ1v) is 8.66. The van der Waals surface area contributed by atoms with Crippen LogP contribution in [0.5, 0.6) is 0 Å². The van der Waals surface area contributed by atoms with Crippen LogP contribution in [0.3, 0.4) is 0 Å². The molecule has 0 amide bonds. The van der Waals surface area contributed by atoms with Gasteiger partial charge in [0.1, 0.15) is 10.2 Å². The van der Waals surface area contributed by atoms with Crippen molar-refractivity contribution in [1.29, 1.82) is 0 Å². The molecule has 1 unspecified atom stereocenters. The molecule has 1 atom stereocenters. The standard InChI is InChI=1S/C17H22BrN3O2/c1-17(2,3)23-16(22)21-13-9-15(18)19-10-11(13)8-14(21)12-6-5-7-20(12)4/h8-10,12H,5-7H2,1-4H3. The van der Waals surface area contributed by atoms with Crippen molar-refractivity contribution in [2.45, 2.75) is 45.3 Å². The van der Waals surface area contributed by atoms with Crippen LogP contribution in [0.15, 0.2) is 22.9 Å². The lowest BCUT2D eigenvalue weighted by molar-refractivity contribution is 0.0534. The van der Waals surface area contributed by atoms with Crippen LogP contribution in [0.25, 0.3) is 10.9 Å². The average molecular weight is 380 g/mol. The molecule has 1 fully saturated rings. The van der Waals surface area contributed by atoms with E-state index in [1.165, 1.54) is 0 Å². The Balaban J connectivity index is 2.15. The van der Waals surface area contributed by atoms with E-state index in [1.54, 1.807) is 10.8 Å². The molecule has 0 spiro atoms. The molecule has 0 N–H and O–H groups in total. The van der Waals surface area contributed by atoms with Crippen LogP contribution in [0.4, 0.5) is 4.79 Å². The van der Waals surface area contributed by atoms with Crippen LogP contribution >= 0.6 is 15.9 Å². The van der Waals surface area contributed by atoms with Gasteiger partial charge in [-0.2, -0.15) is 0 Å². The van der Waals surface area contributed by atoms with Gasteiger partial charge in [0, 0.05) is 17.3 Å². The molecule has 1 aliphatic heterocycles. The van der Waals surface area contributed by atoms with E-state index in [0.717, 1.165) is 36.0 Å². The predicted octanol–water partition coefficient (Wildman–Crippen LogP) is 4.35. The van der Waals surface area contributed by atoms with Crippen molar-refractivity contribution in [3.05, 3.63) is 28.6 Å². The molecular weight excluding hydrogens is 358 g/mol. The first-order valence-electron chi connectivity index (χ1n) is 7.87. The van der Waals surface area contributed by atoms with Crippen LogP contribution in [-0.4, -0.2) is 39.7 Å². The van der Waals surface area contributed by atoms with Gasteiger partial charge in [-0.15, -0.1) is 0 Å². The number of hydrogen-bond donors (Lipinski definition) is 0. The van der Waals surface area contributed by atoms with Gasteiger partial charge in [-0.05, 0) is 75.3 Å². The molecule has 0 aliphatic carbocycles. The van der Waals surface area contributed by atoms with Gasteiger partial charge < -0.3 is 4.74 Å². The molecule has 124 valence electrons. The van der Waals surface area contributed by atoms with Crippen molar-refractivity contribution in [2.75, 3.05) is 13.6 Å². The maximum absolute atomic E-state index is 12.8. The number of aromatic nitrogens is 2. The van der Waals surface area contributed by atoms with E-state index >= 15 is 0 Å². The smallest absolute Gasteiger partial charge is 0.419 e. The summed E-state index contributed by atoms with van der Waals surface area (Å²) in [6.07, 6.45) is 3.64. The molecule has 23 heavy (non-hydrogen) atoms. The number of hydrogen-bond acceptors (Lipinski definition) is 4. The molecule has 1 saturated heterocycles. The number of rotatable bonds is 1. The second kappa shape index (κ2) is 5.91. The lowest BCUT2D eigenvalue weighted by Crippen LogP contribution is -2.30. The van der Waals surface area contributed by atoms with Gasteiger partial charge in [-0.1, -0.05) is 0 Å². The van der Waals surface area contributed by atoms with Crippen molar-refractivity contribution in [1.82, 2.24) is 14.5 Å². The van der Waals surface area contributed by atoms with Crippen molar-refractivity contribution >= 4 is 32.9 Å². The Labute approximate surface area is 144 Å². The molecule has 1 aliphatic rings. The molecule has 6 heteroatoms. The number of carbonyl (C=O) groups is 1. The third-order valence-electron chi connectivity index (χ3n) is 4.12. The second-order valence-corrected chi connectivity index (χ2v) is 7.90. The number of likely N-dealkylation sites (tertiary alicyclic amines) is 1. The Kier molecular flexibility index (Phi) is 4.23. The van der Waals surface area contributed by atoms with Gasteiger partial charge in [0.05, 0.1) is 11.6 Å². The molecule has 3 heterocycles. The van der Waals surface area contributed by atoms with E-state index in [2.05, 4.69) is 38.9 Å². The van der Waals surface area contributed by atoms with Gasteiger partial charge in [-0.25, -0.2) is 14.3 Å². The molecule has 0 aromatic carbocycles. The number of nitrogens with zero attached hydrogens (tertiary/aromatic N) is 3. The largest absolute Gasteiger partial charge is 0.443 e. The maximum atomic E-state index is 12.8. The van der Waals surface area contributed by atoms with Crippen molar-refractivity contribution in [3.8, 4) is 0 Å². The minimum Gasteiger partial charge on any atom is -0.443 e. The van der Waals surface area contributed by atoms with E-state index < -0.39 is 5.60 Å². The topological polar surface area (TPSA) is 47.4 Å². The molecule has 0 saturated carbocycles. The van der Waals surface area contributed by atoms with Gasteiger partial charge in [0.25, 0.3) is 0 Å². The summed E-state index contributed by atoms with van der Waals surface area (Å²) in [6, 6.07) is 4.16. The minimum atomic E-state index is -0.531. The van der Waals surface area contributed by atoms with Crippen molar-refractivity contribution < 1.29 is 9.53 Å². The van der Waals surface area contributed by atoms with Gasteiger partial charge >= 0.3 is 6.09 Å². The first-order chi connectivity index (χ1) is 10.8. The summed E-state index contributed by atoms with van der Waals surface area (Å²) in [6.45, 7) is 6.70. The van der Waals surface area contributed by atoms with Gasteiger partial charge in [0.15, 0.2) is 0 Å². The van der Waals surface area contributed by atoms with Crippen LogP contribution < -0.4 is 0 Å². The molecular formula is C17H22BrN3O2. The van der Waals surface area contributed by atoms with E-state index in [0.29, 0.717) is 4.60 Å². The van der Waals surface area contributed by atoms with Crippen molar-refractivity contribution in [3.63, 3.8) is 0 Å². The van der Waals surface area contributed by atoms with E-state index in [9.17, 15) is 4.79 Å². The van der Waals surface area contributed by atoms with E-state index in [1.807, 2.05) is 26.8 Å². The summed E-state index contributed by atoms with van der Waals surface area (Å²) in [4.78, 5) is 19.4. The van der Waals surface area contributed by atoms with Crippen molar-refractivity contribution in [2.24, 2.45) is 0 Å². The van der Waals surface area contributed by atoms with E-state index in [4.69, 9.17) is 4.74 Å². The van der Waals surface area contributed by atoms with Crippen LogP contribution in [-0.2, 0) is 4.74 Å². The molecule has 0 bridgehead atoms. The van der Waals surface area contributed by atoms with Crippen LogP contribution in [0.2, 0.25) is 0 Å². The average Bonchev–Trinajstić information content (AvgIpc) is 2.99. The molecule has 2 aromatic rings. The summed E-state index contributed by atoms with van der Waals surface area (Å²) in [5.74, 6) is 0. The highest BCUT2D eigenvalue weighted by Gasteiger charge is 2.30. The third-order valence-corrected chi connectivity index (χ3v) is 4.55. The Bertz CT molecular complexity index is 748. The van der Waals surface area contributed by atoms with Crippen LogP contribution in [0, 0.1) is 0 Å². The Morgan fingerprint density at radius 2 is 2.13 bits per heavy atom. The molecule has 2 aromatic heterocycles. The highest BCUT2D eigenvalue weighted by Crippen LogP contribution is 2.35. The summed E-state index contributed by atoms with van der Waals surface area (Å²) in [5.41, 5.74) is 1.28. The number of pyridine rings is 1. The Morgan fingerprint density at radius 3 is 2.74 bits per heavy atom. The predicted molar refractivity (Wildman–Crippen MR) is 93.7 cm³/mol. The summed E-state index contributed by atoms with van der Waals surface area (Å²) < 4.78 is 8.05. The summed E-state index contributed by atoms with van der Waals surface area (Å²) in [5, 5.41) is 0.953. The summed E-state index contributed by atoms with van der Waals surface area (Å²) >= 11 is 3.39. The number of halogens is 1. The Morgan fingerprint density at radius 1 is 1.39 bits per heavy atom. The second-order valence-electron chi connectivity index (χ2n) is 7.09. The zero-order chi connectivity index (χ0) is 16.8. The van der Waals surface area contributed by atoms with Gasteiger partial charge in [-0.3, -0.25) is 4.90 Å². The minimum absolute atomic E-state index is 0.230. The Hall–Kier alpha value is -1.40. The number of carbonyl (C=O) groups excluding carboxylic acids is 1. The number of fused-ring (bicyclic) bond motifs is 1. The maximum Gasteiger partial charge on any atom is 0.419 e. The molecule has 5 nitrogen and oxygen atoms in total. The monoisotopic (exact) mass is 379 g/mol. The highest BCUT2D eigenvalue weighted by molar-refractivity contribution is 9.10. The normalized spacial score (nSPS) is 19.4. The lowest BCUT2D eigenvalue weighted by Gasteiger charge is -2.24. The molecule has 0 radical (unpaired) electrons. The van der Waals surface area contributed by atoms with Crippen LogP contribution in [0.1, 0.15) is 45.3 Å². The lowest BCUT2D eigenvalue weighted by atomic mass is 10.1. The zero-order valence-corrected chi connectivity index (χ0v) is 15.6. The zero-order valence-electron chi connectivity index (χ0n) is 14.0. The highest BCUT2D eigenvalue weighted by atomic mass is 79.9. The number of ether oxygens (including phenoxy) is 1. The third kappa shape index (κ3) is 3.28. The fraction of sp³-hybridized carbons (Fsp3) is 0.529. The molecule has 3 rings (SSSR count). The summed E-state index contributed by atoms with van der Waals surface area (Å²) in [7, 11) is 2.10. The fourth-order valence-electron chi connectivity index (χ4n) is 3.14. The fourth-order valence-corrected chi connectivity index (χ4v) is 3.46. The quantitative estimate of drug-likeness (QED) is 0.691. The van der Waals surface area contributed by atoms with E-state index in [-0.39, 0.29) is 12.1 Å². The van der Waals surface area contributed by atoms with Gasteiger partial charge in [0.2, 0.25) is 0 Å².